The smallest absolute Gasteiger partial charge is 0.321 e. The monoisotopic (exact) mass is 470 g/mol. The van der Waals surface area contributed by atoms with Gasteiger partial charge < -0.3 is 15.0 Å². The summed E-state index contributed by atoms with van der Waals surface area (Å²) in [5.41, 5.74) is 2.24. The van der Waals surface area contributed by atoms with Gasteiger partial charge in [-0.3, -0.25) is 4.99 Å². The number of urea groups is 1. The first-order valence-corrected chi connectivity index (χ1v) is 12.2. The normalized spacial score (nSPS) is 17.2. The van der Waals surface area contributed by atoms with Gasteiger partial charge in [-0.2, -0.15) is 0 Å². The summed E-state index contributed by atoms with van der Waals surface area (Å²) >= 11 is 7.83. The molecule has 0 unspecified atom stereocenters. The van der Waals surface area contributed by atoms with E-state index in [1.54, 1.807) is 18.9 Å². The number of methoxy groups -OCH3 is 1. The zero-order valence-corrected chi connectivity index (χ0v) is 19.9. The SMILES string of the molecule is CCCSC1=NC2(CCN(C(=O)Nc3ccc(OC)cc3)CC2)N=C1c1ccc(Cl)cc1. The molecular weight excluding hydrogens is 444 g/mol. The van der Waals surface area contributed by atoms with Gasteiger partial charge in [-0.05, 0) is 48.6 Å². The molecule has 0 atom stereocenters. The van der Waals surface area contributed by atoms with Crippen LogP contribution in [0.15, 0.2) is 58.5 Å². The summed E-state index contributed by atoms with van der Waals surface area (Å²) < 4.78 is 5.17. The van der Waals surface area contributed by atoms with Gasteiger partial charge in [0.2, 0.25) is 0 Å². The maximum Gasteiger partial charge on any atom is 0.321 e. The topological polar surface area (TPSA) is 66.3 Å². The van der Waals surface area contributed by atoms with Gasteiger partial charge in [0.05, 0.1) is 12.8 Å². The molecule has 0 aliphatic carbocycles. The second kappa shape index (κ2) is 9.96. The summed E-state index contributed by atoms with van der Waals surface area (Å²) in [5, 5.41) is 4.66. The van der Waals surface area contributed by atoms with Crippen molar-refractivity contribution in [3.05, 3.63) is 59.1 Å². The van der Waals surface area contributed by atoms with E-state index in [9.17, 15) is 4.79 Å². The van der Waals surface area contributed by atoms with Crippen LogP contribution in [-0.4, -0.2) is 53.3 Å². The lowest BCUT2D eigenvalue weighted by Crippen LogP contribution is -2.46. The Morgan fingerprint density at radius 3 is 2.44 bits per heavy atom. The highest BCUT2D eigenvalue weighted by Gasteiger charge is 2.40. The molecule has 2 aliphatic rings. The van der Waals surface area contributed by atoms with Gasteiger partial charge >= 0.3 is 6.03 Å². The van der Waals surface area contributed by atoms with Gasteiger partial charge in [0.15, 0.2) is 5.66 Å². The fourth-order valence-corrected chi connectivity index (χ4v) is 4.84. The summed E-state index contributed by atoms with van der Waals surface area (Å²) in [6.07, 6.45) is 2.48. The second-order valence-corrected chi connectivity index (χ2v) is 9.38. The zero-order chi connectivity index (χ0) is 22.6. The lowest BCUT2D eigenvalue weighted by molar-refractivity contribution is 0.175. The van der Waals surface area contributed by atoms with Crippen LogP contribution < -0.4 is 10.1 Å². The minimum Gasteiger partial charge on any atom is -0.497 e. The van der Waals surface area contributed by atoms with E-state index in [1.807, 2.05) is 53.4 Å². The fraction of sp³-hybridized carbons (Fsp3) is 0.375. The Kier molecular flexibility index (Phi) is 7.06. The average molecular weight is 471 g/mol. The second-order valence-electron chi connectivity index (χ2n) is 7.86. The Morgan fingerprint density at radius 2 is 1.81 bits per heavy atom. The Bertz CT molecular complexity index is 1010. The van der Waals surface area contributed by atoms with Crippen molar-refractivity contribution in [3.8, 4) is 5.75 Å². The molecule has 2 aromatic carbocycles. The number of carbonyl (C=O) groups excluding carboxylic acids is 1. The minimum absolute atomic E-state index is 0.102. The van der Waals surface area contributed by atoms with E-state index in [0.717, 1.165) is 39.9 Å². The lowest BCUT2D eigenvalue weighted by Gasteiger charge is -2.35. The number of benzene rings is 2. The van der Waals surface area contributed by atoms with Crippen molar-refractivity contribution < 1.29 is 9.53 Å². The first-order valence-electron chi connectivity index (χ1n) is 10.8. The predicted octanol–water partition coefficient (Wildman–Crippen LogP) is 5.72. The van der Waals surface area contributed by atoms with E-state index in [0.29, 0.717) is 31.0 Å². The Balaban J connectivity index is 1.45. The number of piperidine rings is 1. The molecule has 2 aliphatic heterocycles. The molecule has 1 N–H and O–H groups in total. The van der Waals surface area contributed by atoms with Crippen LogP contribution in [0.1, 0.15) is 31.7 Å². The summed E-state index contributed by atoms with van der Waals surface area (Å²) in [6, 6.07) is 15.0. The number of nitrogens with zero attached hydrogens (tertiary/aromatic N) is 3. The summed E-state index contributed by atoms with van der Waals surface area (Å²) in [6.45, 7) is 3.38. The largest absolute Gasteiger partial charge is 0.497 e. The molecule has 4 rings (SSSR count). The number of carbonyl (C=O) groups is 1. The van der Waals surface area contributed by atoms with Crippen molar-refractivity contribution in [2.45, 2.75) is 31.8 Å². The Hall–Kier alpha value is -2.51. The molecule has 0 radical (unpaired) electrons. The summed E-state index contributed by atoms with van der Waals surface area (Å²) in [4.78, 5) is 24.7. The van der Waals surface area contributed by atoms with E-state index < -0.39 is 5.66 Å². The highest BCUT2D eigenvalue weighted by Crippen LogP contribution is 2.36. The number of hydrogen-bond donors (Lipinski definition) is 1. The van der Waals surface area contributed by atoms with E-state index in [-0.39, 0.29) is 6.03 Å². The number of amides is 2. The van der Waals surface area contributed by atoms with Gasteiger partial charge in [-0.1, -0.05) is 30.7 Å². The highest BCUT2D eigenvalue weighted by atomic mass is 35.5. The van der Waals surface area contributed by atoms with Crippen molar-refractivity contribution in [3.63, 3.8) is 0 Å². The third-order valence-electron chi connectivity index (χ3n) is 5.59. The Labute approximate surface area is 198 Å². The Morgan fingerprint density at radius 1 is 1.12 bits per heavy atom. The molecule has 2 amide bonds. The number of rotatable bonds is 5. The highest BCUT2D eigenvalue weighted by molar-refractivity contribution is 8.15. The van der Waals surface area contributed by atoms with Crippen LogP contribution in [0.25, 0.3) is 0 Å². The molecule has 168 valence electrons. The number of ether oxygens (including phenoxy) is 1. The molecule has 0 saturated carbocycles. The van der Waals surface area contributed by atoms with Crippen LogP contribution in [0.2, 0.25) is 5.02 Å². The number of anilines is 1. The number of halogens is 1. The van der Waals surface area contributed by atoms with Crippen LogP contribution in [0.5, 0.6) is 5.75 Å². The average Bonchev–Trinajstić information content (AvgIpc) is 3.16. The van der Waals surface area contributed by atoms with Gasteiger partial charge in [-0.15, -0.1) is 11.8 Å². The standard InChI is InChI=1S/C24H27ClN4O2S/c1-3-16-32-22-21(17-4-6-18(25)7-5-17)27-24(28-22)12-14-29(15-13-24)23(30)26-19-8-10-20(31-2)11-9-19/h4-11H,3,12-16H2,1-2H3,(H,26,30). The molecule has 0 aromatic heterocycles. The first-order chi connectivity index (χ1) is 15.5. The lowest BCUT2D eigenvalue weighted by atomic mass is 9.98. The van der Waals surface area contributed by atoms with Crippen LogP contribution in [0, 0.1) is 0 Å². The predicted molar refractivity (Wildman–Crippen MR) is 134 cm³/mol. The molecule has 2 heterocycles. The van der Waals surface area contributed by atoms with Crippen LogP contribution >= 0.6 is 23.4 Å². The van der Waals surface area contributed by atoms with Crippen LogP contribution in [-0.2, 0) is 0 Å². The quantitative estimate of drug-likeness (QED) is 0.607. The maximum atomic E-state index is 12.7. The van der Waals surface area contributed by atoms with Crippen molar-refractivity contribution in [1.29, 1.82) is 0 Å². The number of nitrogens with one attached hydrogen (secondary N) is 1. The van der Waals surface area contributed by atoms with E-state index >= 15 is 0 Å². The molecule has 32 heavy (non-hydrogen) atoms. The fourth-order valence-electron chi connectivity index (χ4n) is 3.79. The molecule has 8 heteroatoms. The summed E-state index contributed by atoms with van der Waals surface area (Å²) in [5.74, 6) is 1.76. The third-order valence-corrected chi connectivity index (χ3v) is 7.01. The van der Waals surface area contributed by atoms with Gasteiger partial charge in [0, 0.05) is 42.2 Å². The summed E-state index contributed by atoms with van der Waals surface area (Å²) in [7, 11) is 1.62. The molecular formula is C24H27ClN4O2S. The van der Waals surface area contributed by atoms with Crippen molar-refractivity contribution in [1.82, 2.24) is 4.90 Å². The first kappa shape index (κ1) is 22.7. The van der Waals surface area contributed by atoms with Crippen molar-refractivity contribution in [2.75, 3.05) is 31.3 Å². The third kappa shape index (κ3) is 5.10. The number of likely N-dealkylation sites (tertiary alicyclic amines) is 1. The van der Waals surface area contributed by atoms with Crippen molar-refractivity contribution in [2.24, 2.45) is 9.98 Å². The number of thioether (sulfide) groups is 1. The molecule has 2 aromatic rings. The molecule has 0 bridgehead atoms. The van der Waals surface area contributed by atoms with Crippen LogP contribution in [0.4, 0.5) is 10.5 Å². The van der Waals surface area contributed by atoms with Gasteiger partial charge in [0.25, 0.3) is 0 Å². The molecule has 1 fully saturated rings. The molecule has 1 spiro atoms. The van der Waals surface area contributed by atoms with Crippen LogP contribution in [0.3, 0.4) is 0 Å². The van der Waals surface area contributed by atoms with E-state index in [2.05, 4.69) is 12.2 Å². The van der Waals surface area contributed by atoms with Gasteiger partial charge in [0.1, 0.15) is 10.8 Å². The number of aliphatic imine (C=N–C) groups is 2. The van der Waals surface area contributed by atoms with E-state index in [4.69, 9.17) is 26.3 Å². The zero-order valence-electron chi connectivity index (χ0n) is 18.3. The van der Waals surface area contributed by atoms with E-state index in [1.165, 1.54) is 0 Å². The maximum absolute atomic E-state index is 12.7. The minimum atomic E-state index is -0.484. The van der Waals surface area contributed by atoms with Crippen molar-refractivity contribution >= 4 is 45.8 Å². The van der Waals surface area contributed by atoms with Gasteiger partial charge in [-0.25, -0.2) is 9.79 Å². The molecule has 1 saturated heterocycles. The molecule has 6 nitrogen and oxygen atoms in total. The number of hydrogen-bond acceptors (Lipinski definition) is 5.